The molecule has 1 amide bonds. The minimum Gasteiger partial charge on any atom is -0.460 e. The van der Waals surface area contributed by atoms with Crippen molar-refractivity contribution in [3.8, 4) is 6.07 Å². The molecule has 2 aliphatic heterocycles. The number of carbonyl (C=O) groups excluding carboxylic acids is 1. The first-order valence-corrected chi connectivity index (χ1v) is 5.28. The maximum Gasteiger partial charge on any atom is 0.225 e. The highest BCUT2D eigenvalue weighted by Gasteiger charge is 2.32. The van der Waals surface area contributed by atoms with Crippen molar-refractivity contribution in [3.63, 3.8) is 0 Å². The third kappa shape index (κ3) is 1.96. The maximum absolute atomic E-state index is 11.5. The Kier molecular flexibility index (Phi) is 2.63. The van der Waals surface area contributed by atoms with E-state index in [4.69, 9.17) is 10.00 Å². The molecule has 1 fully saturated rings. The number of hydrogen-bond donors (Lipinski definition) is 0. The molecule has 0 aromatic rings. The molecule has 2 atom stereocenters. The van der Waals surface area contributed by atoms with Gasteiger partial charge in [-0.1, -0.05) is 6.92 Å². The number of ether oxygens (including phenoxy) is 1. The van der Waals surface area contributed by atoms with Gasteiger partial charge in [0, 0.05) is 19.4 Å². The fourth-order valence-electron chi connectivity index (χ4n) is 2.11. The lowest BCUT2D eigenvalue weighted by molar-refractivity contribution is -0.139. The van der Waals surface area contributed by atoms with Gasteiger partial charge in [0.05, 0.1) is 0 Å². The Morgan fingerprint density at radius 2 is 2.47 bits per heavy atom. The molecule has 80 valence electrons. The summed E-state index contributed by atoms with van der Waals surface area (Å²) in [6.07, 6.45) is 3.89. The van der Waals surface area contributed by atoms with E-state index < -0.39 is 0 Å². The van der Waals surface area contributed by atoms with Crippen molar-refractivity contribution < 1.29 is 9.53 Å². The van der Waals surface area contributed by atoms with Crippen molar-refractivity contribution in [2.45, 2.75) is 32.4 Å². The van der Waals surface area contributed by atoms with Crippen LogP contribution in [0.25, 0.3) is 0 Å². The second kappa shape index (κ2) is 3.93. The highest BCUT2D eigenvalue weighted by Crippen LogP contribution is 2.26. The largest absolute Gasteiger partial charge is 0.460 e. The van der Waals surface area contributed by atoms with Crippen LogP contribution in [0.5, 0.6) is 0 Å². The number of hydrogen-bond acceptors (Lipinski definition) is 3. The molecule has 0 spiro atoms. The first kappa shape index (κ1) is 10.0. The summed E-state index contributed by atoms with van der Waals surface area (Å²) in [5, 5.41) is 8.79. The number of carbonyl (C=O) groups is 1. The number of allylic oxidation sites excluding steroid dienone is 2. The van der Waals surface area contributed by atoms with Crippen molar-refractivity contribution in [1.29, 1.82) is 5.26 Å². The summed E-state index contributed by atoms with van der Waals surface area (Å²) >= 11 is 0. The molecule has 0 aromatic carbocycles. The Hall–Kier alpha value is -1.50. The second-order valence-electron chi connectivity index (χ2n) is 4.12. The van der Waals surface area contributed by atoms with Crippen LogP contribution in [-0.4, -0.2) is 23.6 Å². The summed E-state index contributed by atoms with van der Waals surface area (Å²) in [6, 6.07) is 2.00. The summed E-state index contributed by atoms with van der Waals surface area (Å²) in [5.74, 6) is 0.789. The molecular weight excluding hydrogens is 192 g/mol. The van der Waals surface area contributed by atoms with E-state index in [0.717, 1.165) is 19.4 Å². The van der Waals surface area contributed by atoms with Crippen molar-refractivity contribution in [3.05, 3.63) is 11.8 Å². The van der Waals surface area contributed by atoms with Crippen LogP contribution in [0.15, 0.2) is 11.8 Å². The zero-order valence-electron chi connectivity index (χ0n) is 8.77. The molecule has 0 saturated carbocycles. The lowest BCUT2D eigenvalue weighted by Gasteiger charge is -2.32. The highest BCUT2D eigenvalue weighted by molar-refractivity contribution is 5.78. The summed E-state index contributed by atoms with van der Waals surface area (Å²) in [5.41, 5.74) is 0. The molecule has 15 heavy (non-hydrogen) atoms. The fraction of sp³-hybridized carbons (Fsp3) is 0.636. The molecule has 0 unspecified atom stereocenters. The monoisotopic (exact) mass is 206 g/mol. The number of nitrogens with zero attached hydrogens (tertiary/aromatic N) is 2. The van der Waals surface area contributed by atoms with Gasteiger partial charge < -0.3 is 9.64 Å². The predicted octanol–water partition coefficient (Wildman–Crippen LogP) is 1.40. The SMILES string of the molecule is C[C@@H]1C=C(C#N)O[C@H](N2CCCC2=O)C1. The van der Waals surface area contributed by atoms with E-state index in [1.54, 1.807) is 4.90 Å². The van der Waals surface area contributed by atoms with E-state index in [2.05, 4.69) is 0 Å². The number of likely N-dealkylation sites (tertiary alicyclic amines) is 1. The fourth-order valence-corrected chi connectivity index (χ4v) is 2.11. The third-order valence-electron chi connectivity index (χ3n) is 2.84. The van der Waals surface area contributed by atoms with Gasteiger partial charge in [0.25, 0.3) is 0 Å². The van der Waals surface area contributed by atoms with Crippen molar-refractivity contribution >= 4 is 5.91 Å². The predicted molar refractivity (Wildman–Crippen MR) is 53.3 cm³/mol. The van der Waals surface area contributed by atoms with Gasteiger partial charge in [0.2, 0.25) is 5.91 Å². The molecule has 4 nitrogen and oxygen atoms in total. The molecule has 0 bridgehead atoms. The normalized spacial score (nSPS) is 30.8. The number of rotatable bonds is 1. The van der Waals surface area contributed by atoms with Crippen molar-refractivity contribution in [1.82, 2.24) is 4.90 Å². The summed E-state index contributed by atoms with van der Waals surface area (Å²) in [7, 11) is 0. The van der Waals surface area contributed by atoms with E-state index in [9.17, 15) is 4.79 Å². The maximum atomic E-state index is 11.5. The summed E-state index contributed by atoms with van der Waals surface area (Å²) in [4.78, 5) is 13.3. The average molecular weight is 206 g/mol. The molecule has 0 radical (unpaired) electrons. The lowest BCUT2D eigenvalue weighted by Crippen LogP contribution is -2.40. The average Bonchev–Trinajstić information content (AvgIpc) is 2.63. The van der Waals surface area contributed by atoms with Gasteiger partial charge in [-0.2, -0.15) is 5.26 Å². The van der Waals surface area contributed by atoms with Crippen LogP contribution in [0, 0.1) is 17.2 Å². The molecule has 2 heterocycles. The Morgan fingerprint density at radius 3 is 3.07 bits per heavy atom. The molecule has 0 aromatic heterocycles. The van der Waals surface area contributed by atoms with Crippen LogP contribution in [0.4, 0.5) is 0 Å². The summed E-state index contributed by atoms with van der Waals surface area (Å²) < 4.78 is 5.47. The zero-order chi connectivity index (χ0) is 10.8. The van der Waals surface area contributed by atoms with Crippen molar-refractivity contribution in [2.75, 3.05) is 6.54 Å². The summed E-state index contributed by atoms with van der Waals surface area (Å²) in [6.45, 7) is 2.79. The first-order chi connectivity index (χ1) is 7.20. The number of amides is 1. The highest BCUT2D eigenvalue weighted by atomic mass is 16.5. The third-order valence-corrected chi connectivity index (χ3v) is 2.84. The van der Waals surface area contributed by atoms with Crippen molar-refractivity contribution in [2.24, 2.45) is 5.92 Å². The lowest BCUT2D eigenvalue weighted by atomic mass is 10.0. The molecule has 2 aliphatic rings. The van der Waals surface area contributed by atoms with E-state index in [1.807, 2.05) is 19.1 Å². The van der Waals surface area contributed by atoms with E-state index >= 15 is 0 Å². The van der Waals surface area contributed by atoms with Gasteiger partial charge in [-0.05, 0) is 18.4 Å². The molecule has 2 rings (SSSR count). The van der Waals surface area contributed by atoms with Gasteiger partial charge in [-0.3, -0.25) is 4.79 Å². The number of nitriles is 1. The molecule has 1 saturated heterocycles. The van der Waals surface area contributed by atoms with Gasteiger partial charge in [-0.15, -0.1) is 0 Å². The first-order valence-electron chi connectivity index (χ1n) is 5.28. The minimum atomic E-state index is -0.227. The molecular formula is C11H14N2O2. The Labute approximate surface area is 89.1 Å². The van der Waals surface area contributed by atoms with E-state index in [1.165, 1.54) is 0 Å². The minimum absolute atomic E-state index is 0.145. The standard InChI is InChI=1S/C11H14N2O2/c1-8-5-9(7-12)15-11(6-8)13-4-2-3-10(13)14/h5,8,11H,2-4,6H2,1H3/t8-,11+/m1/s1. The van der Waals surface area contributed by atoms with Gasteiger partial charge in [0.1, 0.15) is 6.07 Å². The molecule has 0 N–H and O–H groups in total. The smallest absolute Gasteiger partial charge is 0.225 e. The van der Waals surface area contributed by atoms with Crippen LogP contribution < -0.4 is 0 Å². The van der Waals surface area contributed by atoms with Gasteiger partial charge >= 0.3 is 0 Å². The Morgan fingerprint density at radius 1 is 1.67 bits per heavy atom. The Bertz CT molecular complexity index is 343. The van der Waals surface area contributed by atoms with E-state index in [-0.39, 0.29) is 12.1 Å². The van der Waals surface area contributed by atoms with E-state index in [0.29, 0.717) is 18.1 Å². The van der Waals surface area contributed by atoms with Crippen LogP contribution in [-0.2, 0) is 9.53 Å². The van der Waals surface area contributed by atoms with Gasteiger partial charge in [-0.25, -0.2) is 0 Å². The second-order valence-corrected chi connectivity index (χ2v) is 4.12. The Balaban J connectivity index is 2.09. The van der Waals surface area contributed by atoms with Gasteiger partial charge in [0.15, 0.2) is 12.0 Å². The molecule has 4 heteroatoms. The van der Waals surface area contributed by atoms with Crippen LogP contribution in [0.2, 0.25) is 0 Å². The molecule has 0 aliphatic carbocycles. The quantitative estimate of drug-likeness (QED) is 0.651. The topological polar surface area (TPSA) is 53.3 Å². The van der Waals surface area contributed by atoms with Crippen LogP contribution in [0.1, 0.15) is 26.2 Å². The van der Waals surface area contributed by atoms with Crippen LogP contribution in [0.3, 0.4) is 0 Å². The zero-order valence-corrected chi connectivity index (χ0v) is 8.77. The van der Waals surface area contributed by atoms with Crippen LogP contribution >= 0.6 is 0 Å².